The molecule has 0 spiro atoms. The number of amidine groups is 1. The fraction of sp³-hybridized carbons (Fsp3) is 0.533. The van der Waals surface area contributed by atoms with Crippen LogP contribution in [0.15, 0.2) is 35.3 Å². The third-order valence-electron chi connectivity index (χ3n) is 4.02. The third-order valence-corrected chi connectivity index (χ3v) is 4.02. The van der Waals surface area contributed by atoms with E-state index in [1.165, 1.54) is 25.7 Å². The van der Waals surface area contributed by atoms with Gasteiger partial charge in [-0.1, -0.05) is 31.0 Å². The molecule has 3 unspecified atom stereocenters. The first kappa shape index (κ1) is 12.5. The van der Waals surface area contributed by atoms with E-state index in [2.05, 4.69) is 23.1 Å². The minimum absolute atomic E-state index is 0.288. The van der Waals surface area contributed by atoms with Crippen LogP contribution in [0.4, 0.5) is 5.69 Å². The van der Waals surface area contributed by atoms with Gasteiger partial charge in [-0.3, -0.25) is 15.8 Å². The van der Waals surface area contributed by atoms with Crippen LogP contribution in [0.3, 0.4) is 0 Å². The summed E-state index contributed by atoms with van der Waals surface area (Å²) in [5, 5.41) is 3.67. The number of nitrogens with zero attached hydrogens (tertiary/aromatic N) is 1. The van der Waals surface area contributed by atoms with Crippen LogP contribution in [0, 0.1) is 0 Å². The van der Waals surface area contributed by atoms with Crippen molar-refractivity contribution in [3.8, 4) is 0 Å². The molecule has 1 aliphatic heterocycles. The van der Waals surface area contributed by atoms with Gasteiger partial charge >= 0.3 is 0 Å². The predicted octanol–water partition coefficient (Wildman–Crippen LogP) is 2.30. The summed E-state index contributed by atoms with van der Waals surface area (Å²) >= 11 is 0. The molecule has 4 nitrogen and oxygen atoms in total. The van der Waals surface area contributed by atoms with Gasteiger partial charge in [0, 0.05) is 6.04 Å². The summed E-state index contributed by atoms with van der Waals surface area (Å²) in [6.07, 6.45) is 5.11. The molecule has 3 atom stereocenters. The van der Waals surface area contributed by atoms with Crippen molar-refractivity contribution in [2.45, 2.75) is 50.7 Å². The molecule has 0 saturated heterocycles. The monoisotopic (exact) mass is 258 g/mol. The Balaban J connectivity index is 1.64. The topological polar surface area (TPSA) is 48.5 Å². The van der Waals surface area contributed by atoms with Gasteiger partial charge in [0.25, 0.3) is 0 Å². The van der Waals surface area contributed by atoms with Crippen molar-refractivity contribution in [1.29, 1.82) is 0 Å². The number of hydrogen-bond donors (Lipinski definition) is 3. The summed E-state index contributed by atoms with van der Waals surface area (Å²) < 4.78 is 0. The van der Waals surface area contributed by atoms with Crippen LogP contribution in [-0.2, 0) is 0 Å². The van der Waals surface area contributed by atoms with Crippen molar-refractivity contribution in [3.05, 3.63) is 30.3 Å². The lowest BCUT2D eigenvalue weighted by molar-refractivity contribution is 0.306. The van der Waals surface area contributed by atoms with Gasteiger partial charge in [0.1, 0.15) is 5.84 Å². The molecule has 1 aromatic rings. The summed E-state index contributed by atoms with van der Waals surface area (Å²) in [5.74, 6) is 1.02. The SMILES string of the molecule is CC1NC2CCCCC2N=C1NNc1ccccc1. The second-order valence-corrected chi connectivity index (χ2v) is 5.48. The van der Waals surface area contributed by atoms with Gasteiger partial charge in [0.2, 0.25) is 0 Å². The first-order valence-electron chi connectivity index (χ1n) is 7.24. The number of hydrazine groups is 1. The quantitative estimate of drug-likeness (QED) is 0.713. The van der Waals surface area contributed by atoms with Crippen LogP contribution in [0.5, 0.6) is 0 Å². The van der Waals surface area contributed by atoms with Gasteiger partial charge in [-0.15, -0.1) is 0 Å². The van der Waals surface area contributed by atoms with Crippen molar-refractivity contribution in [2.75, 3.05) is 5.43 Å². The Morgan fingerprint density at radius 3 is 2.74 bits per heavy atom. The highest BCUT2D eigenvalue weighted by atomic mass is 15.4. The van der Waals surface area contributed by atoms with Crippen molar-refractivity contribution in [3.63, 3.8) is 0 Å². The largest absolute Gasteiger partial charge is 0.303 e. The normalized spacial score (nSPS) is 30.2. The number of aliphatic imine (C=N–C) groups is 1. The Bertz CT molecular complexity index is 443. The molecule has 102 valence electrons. The molecule has 1 fully saturated rings. The molecule has 0 amide bonds. The maximum Gasteiger partial charge on any atom is 0.132 e. The van der Waals surface area contributed by atoms with Gasteiger partial charge in [-0.05, 0) is 31.9 Å². The Hall–Kier alpha value is -1.55. The van der Waals surface area contributed by atoms with Crippen molar-refractivity contribution < 1.29 is 0 Å². The van der Waals surface area contributed by atoms with Gasteiger partial charge in [-0.2, -0.15) is 0 Å². The highest BCUT2D eigenvalue weighted by molar-refractivity contribution is 5.89. The van der Waals surface area contributed by atoms with Crippen LogP contribution in [0.25, 0.3) is 0 Å². The number of para-hydroxylation sites is 1. The average Bonchev–Trinajstić information content (AvgIpc) is 2.46. The summed E-state index contributed by atoms with van der Waals surface area (Å²) in [7, 11) is 0. The molecular formula is C15H22N4. The van der Waals surface area contributed by atoms with Crippen molar-refractivity contribution in [2.24, 2.45) is 4.99 Å². The first-order valence-corrected chi connectivity index (χ1v) is 7.24. The molecule has 3 rings (SSSR count). The van der Waals surface area contributed by atoms with E-state index >= 15 is 0 Å². The Labute approximate surface area is 114 Å². The van der Waals surface area contributed by atoms with E-state index in [1.807, 2.05) is 30.3 Å². The lowest BCUT2D eigenvalue weighted by Gasteiger charge is -2.37. The second-order valence-electron chi connectivity index (χ2n) is 5.48. The molecular weight excluding hydrogens is 236 g/mol. The molecule has 1 heterocycles. The molecule has 2 aliphatic rings. The maximum absolute atomic E-state index is 4.88. The Morgan fingerprint density at radius 1 is 1.11 bits per heavy atom. The smallest absolute Gasteiger partial charge is 0.132 e. The molecule has 1 aromatic carbocycles. The van der Waals surface area contributed by atoms with E-state index in [1.54, 1.807) is 0 Å². The van der Waals surface area contributed by atoms with Crippen molar-refractivity contribution >= 4 is 11.5 Å². The van der Waals surface area contributed by atoms with E-state index in [4.69, 9.17) is 4.99 Å². The van der Waals surface area contributed by atoms with Gasteiger partial charge in [0.15, 0.2) is 0 Å². The van der Waals surface area contributed by atoms with E-state index in [0.29, 0.717) is 12.1 Å². The molecule has 1 saturated carbocycles. The molecule has 0 radical (unpaired) electrons. The number of anilines is 1. The van der Waals surface area contributed by atoms with E-state index < -0.39 is 0 Å². The number of nitrogens with one attached hydrogen (secondary N) is 3. The Kier molecular flexibility index (Phi) is 3.69. The zero-order chi connectivity index (χ0) is 13.1. The number of fused-ring (bicyclic) bond motifs is 1. The fourth-order valence-corrected chi connectivity index (χ4v) is 2.95. The maximum atomic E-state index is 4.88. The summed E-state index contributed by atoms with van der Waals surface area (Å²) in [5.41, 5.74) is 7.54. The summed E-state index contributed by atoms with van der Waals surface area (Å²) in [6.45, 7) is 2.17. The lowest BCUT2D eigenvalue weighted by atomic mass is 9.89. The van der Waals surface area contributed by atoms with Crippen LogP contribution in [0.2, 0.25) is 0 Å². The molecule has 0 aromatic heterocycles. The zero-order valence-corrected chi connectivity index (χ0v) is 11.4. The van der Waals surface area contributed by atoms with E-state index in [9.17, 15) is 0 Å². The van der Waals surface area contributed by atoms with Crippen LogP contribution in [0.1, 0.15) is 32.6 Å². The van der Waals surface area contributed by atoms with Gasteiger partial charge in [-0.25, -0.2) is 0 Å². The molecule has 19 heavy (non-hydrogen) atoms. The minimum Gasteiger partial charge on any atom is -0.303 e. The summed E-state index contributed by atoms with van der Waals surface area (Å²) in [6, 6.07) is 11.4. The fourth-order valence-electron chi connectivity index (χ4n) is 2.95. The summed E-state index contributed by atoms with van der Waals surface area (Å²) in [4.78, 5) is 4.88. The van der Waals surface area contributed by atoms with E-state index in [0.717, 1.165) is 11.5 Å². The zero-order valence-electron chi connectivity index (χ0n) is 11.4. The molecule has 0 bridgehead atoms. The average molecular weight is 258 g/mol. The van der Waals surface area contributed by atoms with Crippen LogP contribution >= 0.6 is 0 Å². The highest BCUT2D eigenvalue weighted by Gasteiger charge is 2.31. The molecule has 4 heteroatoms. The molecule has 3 N–H and O–H groups in total. The molecule has 1 aliphatic carbocycles. The minimum atomic E-state index is 0.288. The second kappa shape index (κ2) is 5.61. The van der Waals surface area contributed by atoms with Crippen LogP contribution in [-0.4, -0.2) is 24.0 Å². The predicted molar refractivity (Wildman–Crippen MR) is 79.3 cm³/mol. The highest BCUT2D eigenvalue weighted by Crippen LogP contribution is 2.24. The number of benzene rings is 1. The number of rotatable bonds is 2. The van der Waals surface area contributed by atoms with Gasteiger partial charge < -0.3 is 5.32 Å². The Morgan fingerprint density at radius 2 is 1.89 bits per heavy atom. The first-order chi connectivity index (χ1) is 9.33. The lowest BCUT2D eigenvalue weighted by Crippen LogP contribution is -2.57. The number of hydrogen-bond acceptors (Lipinski definition) is 4. The van der Waals surface area contributed by atoms with E-state index in [-0.39, 0.29) is 6.04 Å². The standard InChI is InChI=1S/C15H22N4/c1-11-15(19-18-12-7-3-2-4-8-12)17-14-10-6-5-9-13(14)16-11/h2-4,7-8,11,13-14,16,18H,5-6,9-10H2,1H3,(H,17,19). The van der Waals surface area contributed by atoms with Crippen molar-refractivity contribution in [1.82, 2.24) is 10.7 Å². The van der Waals surface area contributed by atoms with Gasteiger partial charge in [0.05, 0.1) is 17.8 Å². The van der Waals surface area contributed by atoms with Crippen LogP contribution < -0.4 is 16.2 Å². The third kappa shape index (κ3) is 2.89.